The number of carboxylic acids is 1. The van der Waals surface area contributed by atoms with Gasteiger partial charge < -0.3 is 10.4 Å². The summed E-state index contributed by atoms with van der Waals surface area (Å²) in [6, 6.07) is -0.655. The molecule has 0 aromatic heterocycles. The van der Waals surface area contributed by atoms with Crippen LogP contribution >= 0.6 is 0 Å². The predicted molar refractivity (Wildman–Crippen MR) is 64.3 cm³/mol. The van der Waals surface area contributed by atoms with Gasteiger partial charge in [0.2, 0.25) is 10.0 Å². The molecule has 1 unspecified atom stereocenters. The van der Waals surface area contributed by atoms with Crippen molar-refractivity contribution in [3.63, 3.8) is 0 Å². The maximum Gasteiger partial charge on any atom is 0.322 e. The Morgan fingerprint density at radius 1 is 1.53 bits per heavy atom. The molecule has 1 atom stereocenters. The summed E-state index contributed by atoms with van der Waals surface area (Å²) in [5, 5.41) is 12.0. The van der Waals surface area contributed by atoms with Crippen molar-refractivity contribution in [2.45, 2.75) is 38.8 Å². The second kappa shape index (κ2) is 5.79. The van der Waals surface area contributed by atoms with Crippen molar-refractivity contribution in [2.75, 3.05) is 18.8 Å². The second-order valence-corrected chi connectivity index (χ2v) is 6.57. The predicted octanol–water partition coefficient (Wildman–Crippen LogP) is -0.137. The van der Waals surface area contributed by atoms with Crippen LogP contribution in [0.1, 0.15) is 26.7 Å². The Morgan fingerprint density at radius 3 is 2.71 bits per heavy atom. The number of nitrogens with zero attached hydrogens (tertiary/aromatic N) is 1. The minimum Gasteiger partial charge on any atom is -0.480 e. The van der Waals surface area contributed by atoms with E-state index in [1.54, 1.807) is 0 Å². The Hall–Kier alpha value is -0.660. The molecule has 1 aliphatic heterocycles. The lowest BCUT2D eigenvalue weighted by Gasteiger charge is -2.21. The summed E-state index contributed by atoms with van der Waals surface area (Å²) < 4.78 is 25.0. The van der Waals surface area contributed by atoms with Crippen molar-refractivity contribution in [1.29, 1.82) is 0 Å². The lowest BCUT2D eigenvalue weighted by molar-refractivity contribution is -0.140. The number of nitrogens with one attached hydrogen (secondary N) is 1. The molecule has 0 bridgehead atoms. The van der Waals surface area contributed by atoms with Gasteiger partial charge in [0.15, 0.2) is 0 Å². The van der Waals surface area contributed by atoms with Crippen molar-refractivity contribution in [2.24, 2.45) is 0 Å². The lowest BCUT2D eigenvalue weighted by atomic mass is 10.2. The fourth-order valence-electron chi connectivity index (χ4n) is 1.91. The first kappa shape index (κ1) is 14.4. The zero-order chi connectivity index (χ0) is 13.1. The van der Waals surface area contributed by atoms with Crippen LogP contribution in [-0.2, 0) is 14.8 Å². The van der Waals surface area contributed by atoms with Crippen LogP contribution in [0.4, 0.5) is 0 Å². The van der Waals surface area contributed by atoms with Crippen LogP contribution in [0.5, 0.6) is 0 Å². The highest BCUT2D eigenvalue weighted by Gasteiger charge is 2.38. The van der Waals surface area contributed by atoms with E-state index in [0.29, 0.717) is 25.9 Å². The highest BCUT2D eigenvalue weighted by atomic mass is 32.2. The second-order valence-electron chi connectivity index (χ2n) is 4.53. The van der Waals surface area contributed by atoms with Gasteiger partial charge in [0.1, 0.15) is 6.04 Å². The average molecular weight is 264 g/mol. The molecule has 17 heavy (non-hydrogen) atoms. The number of hydrogen-bond donors (Lipinski definition) is 2. The molecule has 2 N–H and O–H groups in total. The average Bonchev–Trinajstić information content (AvgIpc) is 2.65. The molecule has 1 saturated heterocycles. The van der Waals surface area contributed by atoms with Gasteiger partial charge >= 0.3 is 5.97 Å². The number of carbonyl (C=O) groups is 1. The number of carboxylic acid groups (broad SMARTS) is 1. The van der Waals surface area contributed by atoms with E-state index in [2.05, 4.69) is 5.32 Å². The Bertz CT molecular complexity index is 367. The van der Waals surface area contributed by atoms with E-state index in [4.69, 9.17) is 5.11 Å². The summed E-state index contributed by atoms with van der Waals surface area (Å²) in [5.74, 6) is -1.10. The summed E-state index contributed by atoms with van der Waals surface area (Å²) >= 11 is 0. The maximum atomic E-state index is 12.0. The van der Waals surface area contributed by atoms with Crippen molar-refractivity contribution >= 4 is 16.0 Å². The molecule has 0 spiro atoms. The van der Waals surface area contributed by atoms with E-state index in [9.17, 15) is 13.2 Å². The lowest BCUT2D eigenvalue weighted by Crippen LogP contribution is -2.43. The Labute approximate surface area is 102 Å². The zero-order valence-electron chi connectivity index (χ0n) is 10.2. The minimum absolute atomic E-state index is 0.0467. The Balaban J connectivity index is 2.60. The van der Waals surface area contributed by atoms with Crippen LogP contribution in [0.3, 0.4) is 0 Å². The van der Waals surface area contributed by atoms with Gasteiger partial charge in [-0.25, -0.2) is 8.42 Å². The van der Waals surface area contributed by atoms with Crippen molar-refractivity contribution in [3.05, 3.63) is 0 Å². The molecule has 0 aromatic rings. The van der Waals surface area contributed by atoms with E-state index in [0.717, 1.165) is 4.31 Å². The monoisotopic (exact) mass is 264 g/mol. The minimum atomic E-state index is -3.46. The molecule has 1 heterocycles. The fraction of sp³-hybridized carbons (Fsp3) is 0.900. The van der Waals surface area contributed by atoms with Crippen LogP contribution in [-0.4, -0.2) is 54.7 Å². The van der Waals surface area contributed by atoms with Gasteiger partial charge in [-0.2, -0.15) is 4.31 Å². The summed E-state index contributed by atoms with van der Waals surface area (Å²) in [4.78, 5) is 10.9. The van der Waals surface area contributed by atoms with E-state index >= 15 is 0 Å². The standard InChI is InChI=1S/C10H20N2O4S/c1-8(2)11-5-7-17(15,16)12-6-3-4-9(12)10(13)14/h8-9,11H,3-7H2,1-2H3,(H,13,14). The highest BCUT2D eigenvalue weighted by molar-refractivity contribution is 7.89. The molecule has 0 aromatic carbocycles. The molecule has 7 heteroatoms. The van der Waals surface area contributed by atoms with E-state index in [1.807, 2.05) is 13.8 Å². The van der Waals surface area contributed by atoms with Gasteiger partial charge in [-0.05, 0) is 12.8 Å². The van der Waals surface area contributed by atoms with Gasteiger partial charge in [0.05, 0.1) is 5.75 Å². The molecular formula is C10H20N2O4S. The van der Waals surface area contributed by atoms with E-state index in [1.165, 1.54) is 0 Å². The van der Waals surface area contributed by atoms with Crippen LogP contribution in [0.25, 0.3) is 0 Å². The van der Waals surface area contributed by atoms with Crippen LogP contribution in [0, 0.1) is 0 Å². The van der Waals surface area contributed by atoms with Gasteiger partial charge in [-0.3, -0.25) is 4.79 Å². The summed E-state index contributed by atoms with van der Waals surface area (Å²) in [6.45, 7) is 4.54. The van der Waals surface area contributed by atoms with Gasteiger partial charge in [0, 0.05) is 19.1 Å². The molecule has 0 aliphatic carbocycles. The maximum absolute atomic E-state index is 12.0. The van der Waals surface area contributed by atoms with Crippen LogP contribution in [0.15, 0.2) is 0 Å². The molecule has 1 aliphatic rings. The number of aliphatic carboxylic acids is 1. The van der Waals surface area contributed by atoms with Crippen molar-refractivity contribution in [3.8, 4) is 0 Å². The van der Waals surface area contributed by atoms with E-state index in [-0.39, 0.29) is 11.8 Å². The number of sulfonamides is 1. The molecule has 1 fully saturated rings. The molecule has 6 nitrogen and oxygen atoms in total. The first-order valence-corrected chi connectivity index (χ1v) is 7.41. The molecule has 0 radical (unpaired) electrons. The number of hydrogen-bond acceptors (Lipinski definition) is 4. The molecule has 0 amide bonds. The fourth-order valence-corrected chi connectivity index (χ4v) is 3.51. The Morgan fingerprint density at radius 2 is 2.18 bits per heavy atom. The Kier molecular flexibility index (Phi) is 4.91. The zero-order valence-corrected chi connectivity index (χ0v) is 11.0. The summed E-state index contributed by atoms with van der Waals surface area (Å²) in [5.41, 5.74) is 0. The third kappa shape index (κ3) is 3.93. The van der Waals surface area contributed by atoms with E-state index < -0.39 is 22.0 Å². The van der Waals surface area contributed by atoms with Crippen LogP contribution in [0.2, 0.25) is 0 Å². The smallest absolute Gasteiger partial charge is 0.322 e. The molecular weight excluding hydrogens is 244 g/mol. The quantitative estimate of drug-likeness (QED) is 0.697. The first-order valence-electron chi connectivity index (χ1n) is 5.80. The first-order chi connectivity index (χ1) is 7.84. The SMILES string of the molecule is CC(C)NCCS(=O)(=O)N1CCCC1C(=O)O. The molecule has 1 rings (SSSR count). The van der Waals surface area contributed by atoms with Gasteiger partial charge in [-0.1, -0.05) is 13.8 Å². The number of rotatable bonds is 6. The molecule has 0 saturated carbocycles. The van der Waals surface area contributed by atoms with Crippen molar-refractivity contribution in [1.82, 2.24) is 9.62 Å². The highest BCUT2D eigenvalue weighted by Crippen LogP contribution is 2.21. The summed E-state index contributed by atoms with van der Waals surface area (Å²) in [7, 11) is -3.46. The topological polar surface area (TPSA) is 86.7 Å². The third-order valence-corrected chi connectivity index (χ3v) is 4.63. The van der Waals surface area contributed by atoms with Gasteiger partial charge in [-0.15, -0.1) is 0 Å². The summed E-state index contributed by atoms with van der Waals surface area (Å²) in [6.07, 6.45) is 1.03. The third-order valence-electron chi connectivity index (χ3n) is 2.76. The largest absolute Gasteiger partial charge is 0.480 e. The molecule has 100 valence electrons. The van der Waals surface area contributed by atoms with Gasteiger partial charge in [0.25, 0.3) is 0 Å². The van der Waals surface area contributed by atoms with Crippen LogP contribution < -0.4 is 5.32 Å². The van der Waals surface area contributed by atoms with Crippen molar-refractivity contribution < 1.29 is 18.3 Å². The normalized spacial score (nSPS) is 22.2.